The maximum Gasteiger partial charge on any atom is 0.272 e. The maximum absolute atomic E-state index is 13.0. The molecule has 1 aromatic rings. The molecular formula is C22H34N6O3. The third-order valence-corrected chi connectivity index (χ3v) is 7.05. The number of hydrogen-bond acceptors (Lipinski definition) is 5. The average molecular weight is 431 g/mol. The van der Waals surface area contributed by atoms with Crippen LogP contribution in [0.15, 0.2) is 6.07 Å². The number of rotatable bonds is 7. The molecule has 31 heavy (non-hydrogen) atoms. The average Bonchev–Trinajstić information content (AvgIpc) is 3.51. The number of amides is 3. The number of hydrogen-bond donors (Lipinski definition) is 2. The minimum absolute atomic E-state index is 0.163. The van der Waals surface area contributed by atoms with Gasteiger partial charge >= 0.3 is 0 Å². The van der Waals surface area contributed by atoms with Crippen molar-refractivity contribution in [2.45, 2.75) is 70.0 Å². The third kappa shape index (κ3) is 4.46. The van der Waals surface area contributed by atoms with Crippen molar-refractivity contribution in [1.29, 1.82) is 0 Å². The second-order valence-electron chi connectivity index (χ2n) is 9.32. The molecule has 170 valence electrons. The summed E-state index contributed by atoms with van der Waals surface area (Å²) in [5.74, 6) is -0.740. The van der Waals surface area contributed by atoms with Crippen LogP contribution in [0.1, 0.15) is 72.8 Å². The molecule has 0 aromatic carbocycles. The maximum atomic E-state index is 13.0. The van der Waals surface area contributed by atoms with E-state index in [1.165, 1.54) is 28.5 Å². The molecule has 0 radical (unpaired) electrons. The van der Waals surface area contributed by atoms with Gasteiger partial charge in [0.05, 0.1) is 6.54 Å². The normalized spacial score (nSPS) is 24.5. The summed E-state index contributed by atoms with van der Waals surface area (Å²) in [7, 11) is 1.64. The van der Waals surface area contributed by atoms with Crippen LogP contribution in [-0.4, -0.2) is 82.1 Å². The number of carbonyl (C=O) groups is 3. The molecule has 1 unspecified atom stereocenters. The number of aromatic nitrogens is 2. The van der Waals surface area contributed by atoms with Gasteiger partial charge in [-0.05, 0) is 58.7 Å². The van der Waals surface area contributed by atoms with Crippen LogP contribution in [0.25, 0.3) is 0 Å². The Morgan fingerprint density at radius 2 is 1.90 bits per heavy atom. The Hall–Kier alpha value is -2.42. The fraction of sp³-hybridized carbons (Fsp3) is 0.727. The van der Waals surface area contributed by atoms with Crippen LogP contribution in [-0.2, 0) is 11.3 Å². The van der Waals surface area contributed by atoms with Crippen LogP contribution in [0.4, 0.5) is 0 Å². The molecule has 2 aliphatic heterocycles. The van der Waals surface area contributed by atoms with Gasteiger partial charge in [0.15, 0.2) is 5.69 Å². The quantitative estimate of drug-likeness (QED) is 0.629. The summed E-state index contributed by atoms with van der Waals surface area (Å²) < 4.78 is 1.51. The zero-order chi connectivity index (χ0) is 22.0. The Labute approximate surface area is 183 Å². The lowest BCUT2D eigenvalue weighted by molar-refractivity contribution is -0.133. The highest BCUT2D eigenvalue weighted by atomic mass is 16.2. The lowest BCUT2D eigenvalue weighted by Gasteiger charge is -2.41. The summed E-state index contributed by atoms with van der Waals surface area (Å²) in [6, 6.07) is 1.71. The molecule has 1 aromatic heterocycles. The number of nitrogens with one attached hydrogen (secondary N) is 2. The van der Waals surface area contributed by atoms with Crippen LogP contribution in [0.2, 0.25) is 0 Å². The van der Waals surface area contributed by atoms with Crippen molar-refractivity contribution in [3.8, 4) is 0 Å². The van der Waals surface area contributed by atoms with Crippen molar-refractivity contribution in [1.82, 2.24) is 30.2 Å². The van der Waals surface area contributed by atoms with Gasteiger partial charge in [0, 0.05) is 25.7 Å². The first-order valence-electron chi connectivity index (χ1n) is 11.6. The highest BCUT2D eigenvalue weighted by Gasteiger charge is 2.46. The van der Waals surface area contributed by atoms with E-state index in [0.717, 1.165) is 51.7 Å². The fourth-order valence-electron chi connectivity index (χ4n) is 4.85. The van der Waals surface area contributed by atoms with E-state index in [4.69, 9.17) is 0 Å². The van der Waals surface area contributed by atoms with E-state index < -0.39 is 5.54 Å². The smallest absolute Gasteiger partial charge is 0.272 e. The molecule has 1 saturated carbocycles. The molecule has 3 heterocycles. The van der Waals surface area contributed by atoms with Crippen molar-refractivity contribution >= 4 is 17.7 Å². The summed E-state index contributed by atoms with van der Waals surface area (Å²) in [4.78, 5) is 42.5. The van der Waals surface area contributed by atoms with E-state index in [1.54, 1.807) is 14.0 Å². The monoisotopic (exact) mass is 430 g/mol. The van der Waals surface area contributed by atoms with E-state index in [-0.39, 0.29) is 36.0 Å². The van der Waals surface area contributed by atoms with Crippen LogP contribution in [0, 0.1) is 0 Å². The molecule has 3 aliphatic rings. The second-order valence-corrected chi connectivity index (χ2v) is 9.32. The number of likely N-dealkylation sites (N-methyl/N-ethyl adjacent to an activating group) is 1. The zero-order valence-corrected chi connectivity index (χ0v) is 18.7. The molecule has 0 spiro atoms. The molecule has 2 N–H and O–H groups in total. The molecule has 4 rings (SSSR count). The fourth-order valence-corrected chi connectivity index (χ4v) is 4.85. The molecule has 0 bridgehead atoms. The van der Waals surface area contributed by atoms with Gasteiger partial charge in [-0.2, -0.15) is 5.10 Å². The van der Waals surface area contributed by atoms with Crippen molar-refractivity contribution in [3.63, 3.8) is 0 Å². The molecule has 9 heteroatoms. The van der Waals surface area contributed by atoms with E-state index in [1.807, 2.05) is 0 Å². The van der Waals surface area contributed by atoms with E-state index in [0.29, 0.717) is 12.2 Å². The van der Waals surface area contributed by atoms with Gasteiger partial charge in [-0.15, -0.1) is 0 Å². The summed E-state index contributed by atoms with van der Waals surface area (Å²) >= 11 is 0. The Morgan fingerprint density at radius 1 is 1.19 bits per heavy atom. The van der Waals surface area contributed by atoms with Crippen LogP contribution >= 0.6 is 0 Å². The largest absolute Gasteiger partial charge is 0.351 e. The summed E-state index contributed by atoms with van der Waals surface area (Å²) in [6.07, 6.45) is 7.61. The molecular weight excluding hydrogens is 396 g/mol. The van der Waals surface area contributed by atoms with Gasteiger partial charge < -0.3 is 20.4 Å². The van der Waals surface area contributed by atoms with Gasteiger partial charge in [0.25, 0.3) is 11.8 Å². The first-order valence-corrected chi connectivity index (χ1v) is 11.6. The predicted octanol–water partition coefficient (Wildman–Crippen LogP) is 1.00. The Kier molecular flexibility index (Phi) is 6.31. The molecule has 2 fully saturated rings. The van der Waals surface area contributed by atoms with Crippen molar-refractivity contribution in [2.24, 2.45) is 0 Å². The third-order valence-electron chi connectivity index (χ3n) is 7.05. The van der Waals surface area contributed by atoms with Gasteiger partial charge in [0.2, 0.25) is 5.91 Å². The highest BCUT2D eigenvalue weighted by Crippen LogP contribution is 2.27. The molecule has 3 amide bonds. The van der Waals surface area contributed by atoms with Gasteiger partial charge in [0.1, 0.15) is 11.2 Å². The van der Waals surface area contributed by atoms with Gasteiger partial charge in [-0.1, -0.05) is 12.8 Å². The van der Waals surface area contributed by atoms with Crippen molar-refractivity contribution in [3.05, 3.63) is 17.5 Å². The van der Waals surface area contributed by atoms with E-state index in [2.05, 4.69) is 20.6 Å². The van der Waals surface area contributed by atoms with Gasteiger partial charge in [-0.3, -0.25) is 19.1 Å². The Bertz CT molecular complexity index is 840. The lowest BCUT2D eigenvalue weighted by atomic mass is 9.95. The second kappa shape index (κ2) is 8.98. The van der Waals surface area contributed by atoms with Gasteiger partial charge in [-0.25, -0.2) is 0 Å². The van der Waals surface area contributed by atoms with Crippen LogP contribution in [0.3, 0.4) is 0 Å². The minimum atomic E-state index is -1.04. The minimum Gasteiger partial charge on any atom is -0.351 e. The Balaban J connectivity index is 1.38. The molecule has 9 nitrogen and oxygen atoms in total. The standard InChI is InChI=1S/C22H34N6O3/c1-22(21(31)24-16-8-3-4-9-16)15-28-18(20(30)26(22)2)14-17(25-28)19(29)23-10-7-13-27-11-5-6-12-27/h14,16H,3-13,15H2,1-2H3,(H,23,29)(H,24,31). The lowest BCUT2D eigenvalue weighted by Crippen LogP contribution is -2.63. The number of carbonyl (C=O) groups excluding carboxylic acids is 3. The topological polar surface area (TPSA) is 99.6 Å². The van der Waals surface area contributed by atoms with Crippen LogP contribution in [0.5, 0.6) is 0 Å². The van der Waals surface area contributed by atoms with E-state index in [9.17, 15) is 14.4 Å². The number of nitrogens with zero attached hydrogens (tertiary/aromatic N) is 4. The highest BCUT2D eigenvalue weighted by molar-refractivity contribution is 6.01. The summed E-state index contributed by atoms with van der Waals surface area (Å²) in [5, 5.41) is 10.4. The first kappa shape index (κ1) is 21.8. The zero-order valence-electron chi connectivity index (χ0n) is 18.7. The summed E-state index contributed by atoms with van der Waals surface area (Å²) in [6.45, 7) is 5.84. The molecule has 1 saturated heterocycles. The molecule has 1 aliphatic carbocycles. The summed E-state index contributed by atoms with van der Waals surface area (Å²) in [5.41, 5.74) is -0.475. The number of likely N-dealkylation sites (tertiary alicyclic amines) is 1. The molecule has 1 atom stereocenters. The predicted molar refractivity (Wildman–Crippen MR) is 116 cm³/mol. The SMILES string of the molecule is CN1C(=O)c2cc(C(=O)NCCCN3CCCC3)nn2CC1(C)C(=O)NC1CCCC1. The Morgan fingerprint density at radius 3 is 2.61 bits per heavy atom. The number of fused-ring (bicyclic) bond motifs is 1. The van der Waals surface area contributed by atoms with Crippen molar-refractivity contribution in [2.75, 3.05) is 33.2 Å². The van der Waals surface area contributed by atoms with E-state index >= 15 is 0 Å². The first-order chi connectivity index (χ1) is 14.9. The van der Waals surface area contributed by atoms with Crippen LogP contribution < -0.4 is 10.6 Å². The van der Waals surface area contributed by atoms with Crippen molar-refractivity contribution < 1.29 is 14.4 Å².